The molecule has 1 aromatic carbocycles. The lowest BCUT2D eigenvalue weighted by Crippen LogP contribution is -2.11. The normalized spacial score (nSPS) is 12.7. The molecule has 0 spiro atoms. The molecular formula is C13H18ClFO2. The Morgan fingerprint density at radius 1 is 1.47 bits per heavy atom. The van der Waals surface area contributed by atoms with Crippen LogP contribution in [0.15, 0.2) is 18.2 Å². The molecule has 17 heavy (non-hydrogen) atoms. The van der Waals surface area contributed by atoms with Crippen LogP contribution in [-0.2, 0) is 11.2 Å². The second kappa shape index (κ2) is 7.64. The molecule has 1 rings (SSSR count). The van der Waals surface area contributed by atoms with Crippen LogP contribution in [0.2, 0.25) is 5.02 Å². The Bertz CT molecular complexity index is 344. The topological polar surface area (TPSA) is 29.5 Å². The fourth-order valence-electron chi connectivity index (χ4n) is 1.61. The van der Waals surface area contributed by atoms with Crippen molar-refractivity contribution < 1.29 is 14.2 Å². The first-order chi connectivity index (χ1) is 8.13. The van der Waals surface area contributed by atoms with Gasteiger partial charge in [0.15, 0.2) is 0 Å². The Balaban J connectivity index is 2.34. The van der Waals surface area contributed by atoms with Crippen LogP contribution in [0.1, 0.15) is 25.3 Å². The van der Waals surface area contributed by atoms with Crippen molar-refractivity contribution in [2.45, 2.75) is 32.3 Å². The molecule has 96 valence electrons. The van der Waals surface area contributed by atoms with Crippen molar-refractivity contribution in [3.8, 4) is 0 Å². The third kappa shape index (κ3) is 5.48. The molecule has 0 saturated heterocycles. The van der Waals surface area contributed by atoms with E-state index in [9.17, 15) is 9.50 Å². The van der Waals surface area contributed by atoms with Gasteiger partial charge >= 0.3 is 0 Å². The van der Waals surface area contributed by atoms with Crippen LogP contribution >= 0.6 is 11.6 Å². The van der Waals surface area contributed by atoms with E-state index in [1.165, 1.54) is 12.1 Å². The smallest absolute Gasteiger partial charge is 0.142 e. The van der Waals surface area contributed by atoms with Gasteiger partial charge in [-0.25, -0.2) is 4.39 Å². The summed E-state index contributed by atoms with van der Waals surface area (Å²) in [5, 5.41) is 9.86. The van der Waals surface area contributed by atoms with E-state index < -0.39 is 11.9 Å². The van der Waals surface area contributed by atoms with Gasteiger partial charge in [-0.3, -0.25) is 0 Å². The fraction of sp³-hybridized carbons (Fsp3) is 0.538. The van der Waals surface area contributed by atoms with Gasteiger partial charge in [0.05, 0.1) is 11.1 Å². The van der Waals surface area contributed by atoms with Crippen LogP contribution in [0, 0.1) is 5.82 Å². The first kappa shape index (κ1) is 14.4. The van der Waals surface area contributed by atoms with Gasteiger partial charge in [-0.05, 0) is 43.9 Å². The summed E-state index contributed by atoms with van der Waals surface area (Å²) < 4.78 is 18.3. The summed E-state index contributed by atoms with van der Waals surface area (Å²) in [4.78, 5) is 0. The number of hydrogen-bond acceptors (Lipinski definition) is 2. The van der Waals surface area contributed by atoms with Gasteiger partial charge in [0.1, 0.15) is 5.82 Å². The molecule has 1 unspecified atom stereocenters. The molecule has 0 aliphatic carbocycles. The third-order valence-electron chi connectivity index (χ3n) is 2.49. The van der Waals surface area contributed by atoms with Crippen LogP contribution in [0.5, 0.6) is 0 Å². The molecule has 0 aliphatic heterocycles. The molecule has 0 fully saturated rings. The lowest BCUT2D eigenvalue weighted by Gasteiger charge is -2.10. The average Bonchev–Trinajstić information content (AvgIpc) is 2.30. The monoisotopic (exact) mass is 260 g/mol. The number of hydrogen-bond donors (Lipinski definition) is 1. The standard InChI is InChI=1S/C13H18ClFO2/c1-2-17-7-3-4-11(16)8-10-5-6-12(14)13(15)9-10/h5-6,9,11,16H,2-4,7-8H2,1H3. The Labute approximate surface area is 106 Å². The first-order valence-corrected chi connectivity index (χ1v) is 6.21. The van der Waals surface area contributed by atoms with Gasteiger partial charge in [0.25, 0.3) is 0 Å². The predicted molar refractivity (Wildman–Crippen MR) is 66.8 cm³/mol. The minimum atomic E-state index is -0.462. The molecule has 1 aromatic rings. The number of ether oxygens (including phenoxy) is 1. The molecule has 0 aromatic heterocycles. The zero-order valence-electron chi connectivity index (χ0n) is 9.96. The highest BCUT2D eigenvalue weighted by Crippen LogP contribution is 2.17. The Kier molecular flexibility index (Phi) is 6.48. The summed E-state index contributed by atoms with van der Waals surface area (Å²) in [7, 11) is 0. The molecule has 0 bridgehead atoms. The lowest BCUT2D eigenvalue weighted by atomic mass is 10.0. The number of aliphatic hydroxyl groups is 1. The Hall–Kier alpha value is -0.640. The van der Waals surface area contributed by atoms with E-state index in [4.69, 9.17) is 16.3 Å². The summed E-state index contributed by atoms with van der Waals surface area (Å²) >= 11 is 5.58. The molecule has 0 radical (unpaired) electrons. The second-order valence-corrected chi connectivity index (χ2v) is 4.35. The van der Waals surface area contributed by atoms with E-state index >= 15 is 0 Å². The SMILES string of the molecule is CCOCCCC(O)Cc1ccc(Cl)c(F)c1. The minimum Gasteiger partial charge on any atom is -0.393 e. The molecule has 0 aliphatic rings. The highest BCUT2D eigenvalue weighted by Gasteiger charge is 2.07. The molecule has 0 heterocycles. The summed E-state index contributed by atoms with van der Waals surface area (Å²) in [5.74, 6) is -0.439. The maximum absolute atomic E-state index is 13.1. The Morgan fingerprint density at radius 2 is 2.24 bits per heavy atom. The van der Waals surface area contributed by atoms with Crippen molar-refractivity contribution >= 4 is 11.6 Å². The molecule has 0 saturated carbocycles. The highest BCUT2D eigenvalue weighted by molar-refractivity contribution is 6.30. The molecular weight excluding hydrogens is 243 g/mol. The summed E-state index contributed by atoms with van der Waals surface area (Å²) in [6, 6.07) is 4.62. The van der Waals surface area contributed by atoms with Crippen LogP contribution in [0.3, 0.4) is 0 Å². The van der Waals surface area contributed by atoms with Crippen molar-refractivity contribution in [2.24, 2.45) is 0 Å². The van der Waals surface area contributed by atoms with Gasteiger partial charge in [-0.1, -0.05) is 17.7 Å². The highest BCUT2D eigenvalue weighted by atomic mass is 35.5. The summed E-state index contributed by atoms with van der Waals surface area (Å²) in [5.41, 5.74) is 0.760. The van der Waals surface area contributed by atoms with Crippen molar-refractivity contribution in [1.29, 1.82) is 0 Å². The van der Waals surface area contributed by atoms with E-state index in [-0.39, 0.29) is 5.02 Å². The van der Waals surface area contributed by atoms with Crippen molar-refractivity contribution in [2.75, 3.05) is 13.2 Å². The molecule has 4 heteroatoms. The van der Waals surface area contributed by atoms with Crippen molar-refractivity contribution in [3.63, 3.8) is 0 Å². The zero-order chi connectivity index (χ0) is 12.7. The van der Waals surface area contributed by atoms with Gasteiger partial charge < -0.3 is 9.84 Å². The van der Waals surface area contributed by atoms with E-state index in [0.717, 1.165) is 12.0 Å². The van der Waals surface area contributed by atoms with Crippen LogP contribution in [0.25, 0.3) is 0 Å². The summed E-state index contributed by atoms with van der Waals surface area (Å²) in [6.07, 6.45) is 1.45. The maximum atomic E-state index is 13.1. The molecule has 2 nitrogen and oxygen atoms in total. The third-order valence-corrected chi connectivity index (χ3v) is 2.79. The van der Waals surface area contributed by atoms with E-state index in [2.05, 4.69) is 0 Å². The second-order valence-electron chi connectivity index (χ2n) is 3.95. The molecule has 1 N–H and O–H groups in total. The van der Waals surface area contributed by atoms with E-state index in [1.807, 2.05) is 6.92 Å². The van der Waals surface area contributed by atoms with E-state index in [1.54, 1.807) is 6.07 Å². The largest absolute Gasteiger partial charge is 0.393 e. The van der Waals surface area contributed by atoms with Crippen LogP contribution in [-0.4, -0.2) is 24.4 Å². The molecule has 0 amide bonds. The van der Waals surface area contributed by atoms with Gasteiger partial charge in [-0.2, -0.15) is 0 Å². The number of rotatable bonds is 7. The van der Waals surface area contributed by atoms with Gasteiger partial charge in [0.2, 0.25) is 0 Å². The quantitative estimate of drug-likeness (QED) is 0.763. The van der Waals surface area contributed by atoms with Gasteiger partial charge in [-0.15, -0.1) is 0 Å². The number of aliphatic hydroxyl groups excluding tert-OH is 1. The predicted octanol–water partition coefficient (Wildman–Crippen LogP) is 3.20. The molecule has 1 atom stereocenters. The van der Waals surface area contributed by atoms with Crippen molar-refractivity contribution in [1.82, 2.24) is 0 Å². The first-order valence-electron chi connectivity index (χ1n) is 5.83. The zero-order valence-corrected chi connectivity index (χ0v) is 10.7. The number of halogens is 2. The Morgan fingerprint density at radius 3 is 2.88 bits per heavy atom. The minimum absolute atomic E-state index is 0.111. The van der Waals surface area contributed by atoms with Crippen molar-refractivity contribution in [3.05, 3.63) is 34.6 Å². The van der Waals surface area contributed by atoms with Gasteiger partial charge in [0, 0.05) is 13.2 Å². The fourth-order valence-corrected chi connectivity index (χ4v) is 1.72. The lowest BCUT2D eigenvalue weighted by molar-refractivity contribution is 0.114. The summed E-state index contributed by atoms with van der Waals surface area (Å²) in [6.45, 7) is 3.29. The average molecular weight is 261 g/mol. The number of benzene rings is 1. The van der Waals surface area contributed by atoms with E-state index in [0.29, 0.717) is 26.1 Å². The maximum Gasteiger partial charge on any atom is 0.142 e. The van der Waals surface area contributed by atoms with Crippen LogP contribution < -0.4 is 0 Å². The van der Waals surface area contributed by atoms with Crippen LogP contribution in [0.4, 0.5) is 4.39 Å².